The summed E-state index contributed by atoms with van der Waals surface area (Å²) in [5.41, 5.74) is 1.54. The third kappa shape index (κ3) is 6.38. The number of pyridine rings is 1. The van der Waals surface area contributed by atoms with E-state index in [0.717, 1.165) is 5.56 Å². The van der Waals surface area contributed by atoms with E-state index in [-0.39, 0.29) is 12.8 Å². The molecule has 134 valence electrons. The molecule has 0 fully saturated rings. The standard InChI is InChI=1S/C20H20N2O4/c23-19(24)17(11-6-10-16-9-4-5-14-21-16)22-18(20(25)26)13-12-15-7-2-1-3-8-15/h1-5,7-9,14,17-18,22H,11-13H2,(H,23,24)(H,25,26)/t17-,18+/m0/s1. The summed E-state index contributed by atoms with van der Waals surface area (Å²) in [5, 5.41) is 21.4. The highest BCUT2D eigenvalue weighted by Gasteiger charge is 2.25. The lowest BCUT2D eigenvalue weighted by Crippen LogP contribution is -2.47. The van der Waals surface area contributed by atoms with E-state index in [1.807, 2.05) is 30.3 Å². The van der Waals surface area contributed by atoms with Crippen molar-refractivity contribution in [1.29, 1.82) is 0 Å². The number of carboxylic acids is 2. The van der Waals surface area contributed by atoms with Gasteiger partial charge in [-0.05, 0) is 36.5 Å². The average Bonchev–Trinajstić information content (AvgIpc) is 2.65. The van der Waals surface area contributed by atoms with Crippen LogP contribution in [-0.4, -0.2) is 39.2 Å². The molecule has 2 aromatic rings. The summed E-state index contributed by atoms with van der Waals surface area (Å²) in [6.45, 7) is 0. The molecular formula is C20H20N2O4. The van der Waals surface area contributed by atoms with E-state index in [1.165, 1.54) is 0 Å². The molecule has 2 atom stereocenters. The zero-order valence-corrected chi connectivity index (χ0v) is 14.1. The average molecular weight is 352 g/mol. The molecule has 0 aliphatic rings. The minimum absolute atomic E-state index is 0.0129. The maximum absolute atomic E-state index is 11.5. The Morgan fingerprint density at radius 2 is 1.69 bits per heavy atom. The van der Waals surface area contributed by atoms with Crippen LogP contribution in [0.15, 0.2) is 54.7 Å². The Morgan fingerprint density at radius 1 is 1.00 bits per heavy atom. The summed E-state index contributed by atoms with van der Waals surface area (Å²) in [4.78, 5) is 26.9. The van der Waals surface area contributed by atoms with Crippen LogP contribution in [0.25, 0.3) is 0 Å². The van der Waals surface area contributed by atoms with E-state index in [1.54, 1.807) is 24.4 Å². The molecule has 2 rings (SSSR count). The van der Waals surface area contributed by atoms with Crippen LogP contribution >= 0.6 is 0 Å². The van der Waals surface area contributed by atoms with Crippen LogP contribution in [0, 0.1) is 11.8 Å². The summed E-state index contributed by atoms with van der Waals surface area (Å²) >= 11 is 0. The summed E-state index contributed by atoms with van der Waals surface area (Å²) in [7, 11) is 0. The fourth-order valence-corrected chi connectivity index (χ4v) is 2.37. The first-order valence-corrected chi connectivity index (χ1v) is 8.21. The lowest BCUT2D eigenvalue weighted by molar-refractivity contribution is -0.142. The Bertz CT molecular complexity index is 782. The van der Waals surface area contributed by atoms with Crippen molar-refractivity contribution >= 4 is 11.9 Å². The molecule has 0 saturated heterocycles. The van der Waals surface area contributed by atoms with E-state index in [4.69, 9.17) is 0 Å². The number of benzene rings is 1. The van der Waals surface area contributed by atoms with Crippen molar-refractivity contribution in [3.8, 4) is 11.8 Å². The highest BCUT2D eigenvalue weighted by Crippen LogP contribution is 2.07. The van der Waals surface area contributed by atoms with E-state index < -0.39 is 24.0 Å². The van der Waals surface area contributed by atoms with Crippen molar-refractivity contribution in [2.75, 3.05) is 0 Å². The Hall–Kier alpha value is -3.17. The molecule has 1 aromatic heterocycles. The zero-order chi connectivity index (χ0) is 18.8. The first kappa shape index (κ1) is 19.2. The van der Waals surface area contributed by atoms with Gasteiger partial charge in [0.2, 0.25) is 0 Å². The van der Waals surface area contributed by atoms with Crippen LogP contribution in [0.2, 0.25) is 0 Å². The molecule has 6 nitrogen and oxygen atoms in total. The fraction of sp³-hybridized carbons (Fsp3) is 0.250. The Morgan fingerprint density at radius 3 is 2.31 bits per heavy atom. The van der Waals surface area contributed by atoms with Crippen LogP contribution in [0.5, 0.6) is 0 Å². The molecule has 0 radical (unpaired) electrons. The number of aromatic nitrogens is 1. The van der Waals surface area contributed by atoms with E-state index >= 15 is 0 Å². The number of carboxylic acid groups (broad SMARTS) is 2. The molecule has 0 aliphatic heterocycles. The van der Waals surface area contributed by atoms with Gasteiger partial charge in [-0.25, -0.2) is 4.98 Å². The smallest absolute Gasteiger partial charge is 0.321 e. The van der Waals surface area contributed by atoms with E-state index in [2.05, 4.69) is 22.1 Å². The van der Waals surface area contributed by atoms with Crippen molar-refractivity contribution in [1.82, 2.24) is 10.3 Å². The van der Waals surface area contributed by atoms with Crippen LogP contribution < -0.4 is 5.32 Å². The molecule has 26 heavy (non-hydrogen) atoms. The molecule has 0 saturated carbocycles. The zero-order valence-electron chi connectivity index (χ0n) is 14.1. The third-order valence-corrected chi connectivity index (χ3v) is 3.75. The molecule has 0 amide bonds. The van der Waals surface area contributed by atoms with Gasteiger partial charge in [0.15, 0.2) is 0 Å². The molecule has 6 heteroatoms. The van der Waals surface area contributed by atoms with Crippen molar-refractivity contribution in [3.63, 3.8) is 0 Å². The number of nitrogens with zero attached hydrogens (tertiary/aromatic N) is 1. The minimum Gasteiger partial charge on any atom is -0.480 e. The number of carbonyl (C=O) groups is 2. The Kier molecular flexibility index (Phi) is 7.34. The second-order valence-corrected chi connectivity index (χ2v) is 5.69. The first-order valence-electron chi connectivity index (χ1n) is 8.21. The molecule has 1 heterocycles. The second kappa shape index (κ2) is 9.97. The number of nitrogens with one attached hydrogen (secondary N) is 1. The van der Waals surface area contributed by atoms with Gasteiger partial charge >= 0.3 is 11.9 Å². The maximum Gasteiger partial charge on any atom is 0.321 e. The number of rotatable bonds is 8. The number of hydrogen-bond donors (Lipinski definition) is 3. The van der Waals surface area contributed by atoms with Crippen LogP contribution in [0.1, 0.15) is 24.1 Å². The predicted octanol–water partition coefficient (Wildman–Crippen LogP) is 1.95. The second-order valence-electron chi connectivity index (χ2n) is 5.69. The monoisotopic (exact) mass is 352 g/mol. The van der Waals surface area contributed by atoms with Gasteiger partial charge in [0.1, 0.15) is 17.8 Å². The van der Waals surface area contributed by atoms with E-state index in [0.29, 0.717) is 12.1 Å². The maximum atomic E-state index is 11.5. The summed E-state index contributed by atoms with van der Waals surface area (Å²) in [6.07, 6.45) is 2.41. The molecule has 3 N–H and O–H groups in total. The van der Waals surface area contributed by atoms with Crippen molar-refractivity contribution < 1.29 is 19.8 Å². The molecule has 0 spiro atoms. The Labute approximate surface area is 151 Å². The number of aryl methyl sites for hydroxylation is 1. The number of hydrogen-bond acceptors (Lipinski definition) is 4. The third-order valence-electron chi connectivity index (χ3n) is 3.75. The first-order chi connectivity index (χ1) is 12.6. The van der Waals surface area contributed by atoms with Gasteiger partial charge in [-0.1, -0.05) is 42.3 Å². The molecule has 0 unspecified atom stereocenters. The topological polar surface area (TPSA) is 99.5 Å². The van der Waals surface area contributed by atoms with Crippen LogP contribution in [-0.2, 0) is 16.0 Å². The van der Waals surface area contributed by atoms with Gasteiger partial charge in [-0.2, -0.15) is 0 Å². The van der Waals surface area contributed by atoms with Crippen LogP contribution in [0.4, 0.5) is 0 Å². The van der Waals surface area contributed by atoms with Gasteiger partial charge in [0.25, 0.3) is 0 Å². The molecular weight excluding hydrogens is 332 g/mol. The molecule has 1 aromatic carbocycles. The van der Waals surface area contributed by atoms with Gasteiger partial charge in [-0.15, -0.1) is 0 Å². The van der Waals surface area contributed by atoms with Crippen molar-refractivity contribution in [2.24, 2.45) is 0 Å². The van der Waals surface area contributed by atoms with E-state index in [9.17, 15) is 19.8 Å². The summed E-state index contributed by atoms with van der Waals surface area (Å²) < 4.78 is 0. The highest BCUT2D eigenvalue weighted by atomic mass is 16.4. The van der Waals surface area contributed by atoms with Crippen molar-refractivity contribution in [2.45, 2.75) is 31.3 Å². The van der Waals surface area contributed by atoms with Crippen LogP contribution in [0.3, 0.4) is 0 Å². The quantitative estimate of drug-likeness (QED) is 0.628. The fourth-order valence-electron chi connectivity index (χ4n) is 2.37. The Balaban J connectivity index is 1.97. The number of aliphatic carboxylic acids is 2. The lowest BCUT2D eigenvalue weighted by Gasteiger charge is -2.19. The van der Waals surface area contributed by atoms with Crippen molar-refractivity contribution in [3.05, 3.63) is 66.0 Å². The largest absolute Gasteiger partial charge is 0.480 e. The van der Waals surface area contributed by atoms with Gasteiger partial charge in [-0.3, -0.25) is 14.9 Å². The lowest BCUT2D eigenvalue weighted by atomic mass is 10.0. The molecule has 0 aliphatic carbocycles. The summed E-state index contributed by atoms with van der Waals surface area (Å²) in [5.74, 6) is 3.32. The van der Waals surface area contributed by atoms with Gasteiger partial charge < -0.3 is 10.2 Å². The normalized spacial score (nSPS) is 12.5. The minimum atomic E-state index is -1.13. The highest BCUT2D eigenvalue weighted by molar-refractivity contribution is 5.77. The summed E-state index contributed by atoms with van der Waals surface area (Å²) in [6, 6.07) is 12.7. The predicted molar refractivity (Wildman–Crippen MR) is 96.5 cm³/mol. The van der Waals surface area contributed by atoms with Gasteiger partial charge in [0, 0.05) is 12.6 Å². The van der Waals surface area contributed by atoms with Gasteiger partial charge in [0.05, 0.1) is 0 Å². The SMILES string of the molecule is O=C(O)[C@H](CC#Cc1ccccn1)N[C@H](CCc1ccccc1)C(=O)O. The molecule has 0 bridgehead atoms.